The summed E-state index contributed by atoms with van der Waals surface area (Å²) < 4.78 is 21.6. The van der Waals surface area contributed by atoms with Crippen molar-refractivity contribution < 1.29 is 38.7 Å². The Hall–Kier alpha value is -3.56. The standard InChI is InChI=1S/C21H20O9/c1-27-14-4-2-12(3-5-14)17-8-16(24)21-18(29-10-13(23)9-22)6-15(7-19(21)30-17)28-11-20(25)26/h2-8,13,22-23H,9-11H2,1H3,(H,25,26). The van der Waals surface area contributed by atoms with Crippen LogP contribution in [0.4, 0.5) is 0 Å². The van der Waals surface area contributed by atoms with E-state index in [1.807, 2.05) is 0 Å². The van der Waals surface area contributed by atoms with Crippen molar-refractivity contribution in [2.45, 2.75) is 6.10 Å². The molecule has 0 aliphatic rings. The Morgan fingerprint density at radius 1 is 1.10 bits per heavy atom. The van der Waals surface area contributed by atoms with Gasteiger partial charge in [-0.3, -0.25) is 4.79 Å². The first-order chi connectivity index (χ1) is 14.4. The number of aliphatic hydroxyl groups excluding tert-OH is 2. The molecule has 3 aromatic rings. The van der Waals surface area contributed by atoms with E-state index in [1.54, 1.807) is 31.4 Å². The number of hydrogen-bond donors (Lipinski definition) is 3. The first kappa shape index (κ1) is 21.2. The Morgan fingerprint density at radius 2 is 1.83 bits per heavy atom. The van der Waals surface area contributed by atoms with Gasteiger partial charge in [-0.05, 0) is 24.3 Å². The van der Waals surface area contributed by atoms with Crippen molar-refractivity contribution in [2.75, 3.05) is 26.9 Å². The van der Waals surface area contributed by atoms with Gasteiger partial charge in [0.1, 0.15) is 46.7 Å². The highest BCUT2D eigenvalue weighted by atomic mass is 16.5. The van der Waals surface area contributed by atoms with E-state index in [0.717, 1.165) is 0 Å². The van der Waals surface area contributed by atoms with Gasteiger partial charge in [0.25, 0.3) is 0 Å². The van der Waals surface area contributed by atoms with Crippen LogP contribution in [0.25, 0.3) is 22.3 Å². The van der Waals surface area contributed by atoms with Crippen LogP contribution in [-0.4, -0.2) is 54.3 Å². The molecule has 0 bridgehead atoms. The average Bonchev–Trinajstić information content (AvgIpc) is 2.75. The molecule has 0 radical (unpaired) electrons. The van der Waals surface area contributed by atoms with Crippen molar-refractivity contribution in [3.8, 4) is 28.6 Å². The number of rotatable bonds is 9. The van der Waals surface area contributed by atoms with Gasteiger partial charge in [-0.1, -0.05) is 0 Å². The molecule has 1 heterocycles. The number of benzene rings is 2. The van der Waals surface area contributed by atoms with Crippen LogP contribution in [0.1, 0.15) is 0 Å². The van der Waals surface area contributed by atoms with Gasteiger partial charge in [-0.15, -0.1) is 0 Å². The molecule has 0 saturated carbocycles. The van der Waals surface area contributed by atoms with Crippen molar-refractivity contribution in [2.24, 2.45) is 0 Å². The SMILES string of the molecule is COc1ccc(-c2cc(=O)c3c(OCC(O)CO)cc(OCC(=O)O)cc3o2)cc1. The third-order valence-corrected chi connectivity index (χ3v) is 4.15. The van der Waals surface area contributed by atoms with Crippen LogP contribution < -0.4 is 19.6 Å². The highest BCUT2D eigenvalue weighted by Crippen LogP contribution is 2.32. The fourth-order valence-electron chi connectivity index (χ4n) is 2.71. The quantitative estimate of drug-likeness (QED) is 0.476. The largest absolute Gasteiger partial charge is 0.497 e. The molecule has 3 rings (SSSR count). The number of carbonyl (C=O) groups is 1. The lowest BCUT2D eigenvalue weighted by Crippen LogP contribution is -2.21. The van der Waals surface area contributed by atoms with E-state index in [-0.39, 0.29) is 34.8 Å². The Kier molecular flexibility index (Phi) is 6.55. The minimum atomic E-state index is -1.18. The second-order valence-electron chi connectivity index (χ2n) is 6.33. The summed E-state index contributed by atoms with van der Waals surface area (Å²) in [7, 11) is 1.54. The molecule has 9 nitrogen and oxygen atoms in total. The Balaban J connectivity index is 2.08. The van der Waals surface area contributed by atoms with Gasteiger partial charge in [0, 0.05) is 23.8 Å². The van der Waals surface area contributed by atoms with Gasteiger partial charge in [0.2, 0.25) is 0 Å². The number of ether oxygens (including phenoxy) is 3. The summed E-state index contributed by atoms with van der Waals surface area (Å²) in [6, 6.07) is 10.9. The molecule has 30 heavy (non-hydrogen) atoms. The summed E-state index contributed by atoms with van der Waals surface area (Å²) in [6.45, 7) is -1.41. The number of aliphatic carboxylic acids is 1. The lowest BCUT2D eigenvalue weighted by molar-refractivity contribution is -0.139. The van der Waals surface area contributed by atoms with Crippen LogP contribution in [0.5, 0.6) is 17.2 Å². The second-order valence-corrected chi connectivity index (χ2v) is 6.33. The topological polar surface area (TPSA) is 136 Å². The van der Waals surface area contributed by atoms with E-state index in [1.165, 1.54) is 18.2 Å². The van der Waals surface area contributed by atoms with Crippen LogP contribution in [0.15, 0.2) is 51.7 Å². The summed E-state index contributed by atoms with van der Waals surface area (Å²) in [5.74, 6) is -0.109. The van der Waals surface area contributed by atoms with Crippen LogP contribution in [0.3, 0.4) is 0 Å². The summed E-state index contributed by atoms with van der Waals surface area (Å²) in [5.41, 5.74) is 0.342. The summed E-state index contributed by atoms with van der Waals surface area (Å²) in [4.78, 5) is 23.6. The Labute approximate surface area is 170 Å². The molecule has 0 aliphatic carbocycles. The maximum atomic E-state index is 12.8. The third-order valence-electron chi connectivity index (χ3n) is 4.15. The van der Waals surface area contributed by atoms with Gasteiger partial charge in [-0.2, -0.15) is 0 Å². The normalized spacial score (nSPS) is 11.8. The highest BCUT2D eigenvalue weighted by molar-refractivity contribution is 5.86. The fourth-order valence-corrected chi connectivity index (χ4v) is 2.71. The number of methoxy groups -OCH3 is 1. The number of carboxylic acid groups (broad SMARTS) is 1. The van der Waals surface area contributed by atoms with E-state index in [4.69, 9.17) is 28.8 Å². The number of aliphatic hydroxyl groups is 2. The van der Waals surface area contributed by atoms with Gasteiger partial charge in [0.05, 0.1) is 13.7 Å². The van der Waals surface area contributed by atoms with Crippen LogP contribution >= 0.6 is 0 Å². The molecule has 1 unspecified atom stereocenters. The zero-order valence-electron chi connectivity index (χ0n) is 16.0. The van der Waals surface area contributed by atoms with E-state index in [2.05, 4.69) is 0 Å². The van der Waals surface area contributed by atoms with Gasteiger partial charge < -0.3 is 33.9 Å². The predicted molar refractivity (Wildman–Crippen MR) is 106 cm³/mol. The zero-order valence-corrected chi connectivity index (χ0v) is 16.0. The predicted octanol–water partition coefficient (Wildman–Crippen LogP) is 1.66. The molecule has 3 N–H and O–H groups in total. The van der Waals surface area contributed by atoms with E-state index >= 15 is 0 Å². The van der Waals surface area contributed by atoms with Gasteiger partial charge >= 0.3 is 5.97 Å². The van der Waals surface area contributed by atoms with E-state index in [0.29, 0.717) is 11.3 Å². The number of carboxylic acids is 1. The Bertz CT molecular complexity index is 1090. The highest BCUT2D eigenvalue weighted by Gasteiger charge is 2.16. The molecule has 0 amide bonds. The minimum Gasteiger partial charge on any atom is -0.497 e. The second kappa shape index (κ2) is 9.29. The first-order valence-electron chi connectivity index (χ1n) is 8.94. The van der Waals surface area contributed by atoms with Crippen LogP contribution in [-0.2, 0) is 4.79 Å². The average molecular weight is 416 g/mol. The van der Waals surface area contributed by atoms with Crippen molar-refractivity contribution >= 4 is 16.9 Å². The maximum absolute atomic E-state index is 12.8. The minimum absolute atomic E-state index is 0.0374. The summed E-state index contributed by atoms with van der Waals surface area (Å²) in [6.07, 6.45) is -1.16. The third kappa shape index (κ3) is 4.88. The molecule has 1 atom stereocenters. The monoisotopic (exact) mass is 416 g/mol. The molecule has 0 saturated heterocycles. The lowest BCUT2D eigenvalue weighted by atomic mass is 10.1. The smallest absolute Gasteiger partial charge is 0.341 e. The molecule has 2 aromatic carbocycles. The molecule has 1 aromatic heterocycles. The maximum Gasteiger partial charge on any atom is 0.341 e. The van der Waals surface area contributed by atoms with Crippen LogP contribution in [0.2, 0.25) is 0 Å². The summed E-state index contributed by atoms with van der Waals surface area (Å²) >= 11 is 0. The molecule has 0 fully saturated rings. The molecule has 0 aliphatic heterocycles. The van der Waals surface area contributed by atoms with Crippen molar-refractivity contribution in [1.29, 1.82) is 0 Å². The lowest BCUT2D eigenvalue weighted by Gasteiger charge is -2.14. The van der Waals surface area contributed by atoms with Crippen molar-refractivity contribution in [1.82, 2.24) is 0 Å². The zero-order chi connectivity index (χ0) is 21.7. The molecule has 9 heteroatoms. The summed E-state index contributed by atoms with van der Waals surface area (Å²) in [5, 5.41) is 27.5. The first-order valence-corrected chi connectivity index (χ1v) is 8.94. The Morgan fingerprint density at radius 3 is 2.47 bits per heavy atom. The van der Waals surface area contributed by atoms with Crippen molar-refractivity contribution in [3.05, 3.63) is 52.7 Å². The van der Waals surface area contributed by atoms with Gasteiger partial charge in [-0.25, -0.2) is 4.79 Å². The van der Waals surface area contributed by atoms with E-state index in [9.17, 15) is 14.7 Å². The van der Waals surface area contributed by atoms with Crippen molar-refractivity contribution in [3.63, 3.8) is 0 Å². The molecular weight excluding hydrogens is 396 g/mol. The van der Waals surface area contributed by atoms with Gasteiger partial charge in [0.15, 0.2) is 12.0 Å². The fraction of sp³-hybridized carbons (Fsp3) is 0.238. The van der Waals surface area contributed by atoms with E-state index < -0.39 is 30.7 Å². The molecule has 0 spiro atoms. The number of hydrogen-bond acceptors (Lipinski definition) is 8. The molecular formula is C21H20O9. The number of fused-ring (bicyclic) bond motifs is 1. The van der Waals surface area contributed by atoms with Crippen LogP contribution in [0, 0.1) is 0 Å². The molecule has 158 valence electrons.